The van der Waals surface area contributed by atoms with Gasteiger partial charge in [-0.25, -0.2) is 13.8 Å². The first-order valence-corrected chi connectivity index (χ1v) is 10.8. The normalized spacial score (nSPS) is 18.2. The van der Waals surface area contributed by atoms with Gasteiger partial charge in [0.15, 0.2) is 0 Å². The molecule has 4 nitrogen and oxygen atoms in total. The van der Waals surface area contributed by atoms with Gasteiger partial charge < -0.3 is 14.4 Å². The number of likely N-dealkylation sites (N-methyl/N-ethyl adjacent to an activating group) is 1. The molecular weight excluding hydrogens is 382 g/mol. The van der Waals surface area contributed by atoms with Crippen molar-refractivity contribution >= 4 is 27.5 Å². The van der Waals surface area contributed by atoms with E-state index in [0.717, 1.165) is 73.1 Å². The molecule has 1 saturated heterocycles. The van der Waals surface area contributed by atoms with Crippen LogP contribution in [-0.4, -0.2) is 47.2 Å². The van der Waals surface area contributed by atoms with Crippen LogP contribution in [0.4, 0.5) is 14.5 Å². The fourth-order valence-corrected chi connectivity index (χ4v) is 4.83. The first kappa shape index (κ1) is 18.1. The maximum atomic E-state index is 15.3. The molecule has 0 N–H and O–H groups in total. The zero-order valence-corrected chi connectivity index (χ0v) is 17.0. The highest BCUT2D eigenvalue weighted by atomic mass is 19.1. The van der Waals surface area contributed by atoms with Crippen molar-refractivity contribution in [2.75, 3.05) is 37.6 Å². The number of piperazine rings is 1. The standard InChI is InChI=1S/C24H24F2N4/c1-2-28-7-9-29(10-8-28)23-13-22-18(12-20(23)26)24-19(14-30(22)16-4-5-16)17-6-3-15(25)11-21(17)27-24/h3,6,11-14,16H,2,4-5,7-10H2,1H3. The molecular formula is C24H24F2N4. The van der Waals surface area contributed by atoms with Crippen LogP contribution in [0.5, 0.6) is 0 Å². The number of anilines is 1. The number of hydrogen-bond donors (Lipinski definition) is 0. The van der Waals surface area contributed by atoms with E-state index >= 15 is 4.39 Å². The van der Waals surface area contributed by atoms with E-state index < -0.39 is 0 Å². The van der Waals surface area contributed by atoms with E-state index in [4.69, 9.17) is 0 Å². The number of fused-ring (bicyclic) bond motifs is 5. The minimum Gasteiger partial charge on any atom is -0.367 e. The van der Waals surface area contributed by atoms with Gasteiger partial charge >= 0.3 is 0 Å². The number of hydrogen-bond acceptors (Lipinski definition) is 3. The minimum absolute atomic E-state index is 0.208. The van der Waals surface area contributed by atoms with Crippen molar-refractivity contribution in [3.05, 3.63) is 48.2 Å². The Hall–Kier alpha value is -2.73. The Morgan fingerprint density at radius 2 is 1.80 bits per heavy atom. The van der Waals surface area contributed by atoms with Gasteiger partial charge in [0.2, 0.25) is 0 Å². The fourth-order valence-electron chi connectivity index (χ4n) is 4.83. The molecule has 6 rings (SSSR count). The average Bonchev–Trinajstić information content (AvgIpc) is 3.54. The van der Waals surface area contributed by atoms with Crippen molar-refractivity contribution in [1.82, 2.24) is 14.5 Å². The van der Waals surface area contributed by atoms with Crippen LogP contribution in [0.2, 0.25) is 0 Å². The number of halogens is 2. The lowest BCUT2D eigenvalue weighted by atomic mass is 10.0. The largest absolute Gasteiger partial charge is 0.367 e. The molecule has 154 valence electrons. The maximum absolute atomic E-state index is 15.3. The lowest BCUT2D eigenvalue weighted by Crippen LogP contribution is -2.46. The zero-order valence-electron chi connectivity index (χ0n) is 17.0. The van der Waals surface area contributed by atoms with Crippen molar-refractivity contribution in [3.8, 4) is 11.3 Å². The van der Waals surface area contributed by atoms with E-state index in [2.05, 4.69) is 32.5 Å². The lowest BCUT2D eigenvalue weighted by Gasteiger charge is -2.35. The molecule has 2 fully saturated rings. The van der Waals surface area contributed by atoms with Gasteiger partial charge in [0.25, 0.3) is 0 Å². The van der Waals surface area contributed by atoms with E-state index in [0.29, 0.717) is 17.2 Å². The molecule has 1 saturated carbocycles. The first-order valence-electron chi connectivity index (χ1n) is 10.8. The van der Waals surface area contributed by atoms with E-state index in [9.17, 15) is 4.39 Å². The van der Waals surface area contributed by atoms with Crippen LogP contribution in [0, 0.1) is 11.6 Å². The van der Waals surface area contributed by atoms with Gasteiger partial charge in [-0.2, -0.15) is 0 Å². The number of benzene rings is 2. The van der Waals surface area contributed by atoms with Gasteiger partial charge in [-0.3, -0.25) is 0 Å². The van der Waals surface area contributed by atoms with Crippen LogP contribution >= 0.6 is 0 Å². The highest BCUT2D eigenvalue weighted by molar-refractivity contribution is 6.07. The summed E-state index contributed by atoms with van der Waals surface area (Å²) < 4.78 is 31.4. The summed E-state index contributed by atoms with van der Waals surface area (Å²) in [6, 6.07) is 8.79. The van der Waals surface area contributed by atoms with Gasteiger partial charge in [0, 0.05) is 60.8 Å². The molecule has 0 bridgehead atoms. The van der Waals surface area contributed by atoms with Crippen LogP contribution < -0.4 is 4.90 Å². The van der Waals surface area contributed by atoms with Crippen LogP contribution in [0.1, 0.15) is 25.8 Å². The second-order valence-corrected chi connectivity index (χ2v) is 8.55. The summed E-state index contributed by atoms with van der Waals surface area (Å²) in [5.41, 5.74) is 4.04. The van der Waals surface area contributed by atoms with Crippen molar-refractivity contribution in [2.24, 2.45) is 0 Å². The molecule has 30 heavy (non-hydrogen) atoms. The molecule has 0 spiro atoms. The smallest absolute Gasteiger partial charge is 0.147 e. The van der Waals surface area contributed by atoms with Gasteiger partial charge in [-0.05, 0) is 43.7 Å². The number of rotatable bonds is 3. The summed E-state index contributed by atoms with van der Waals surface area (Å²) in [5, 5.41) is 1.73. The number of nitrogens with zero attached hydrogens (tertiary/aromatic N) is 4. The highest BCUT2D eigenvalue weighted by Crippen LogP contribution is 2.44. The Morgan fingerprint density at radius 1 is 1.00 bits per heavy atom. The summed E-state index contributed by atoms with van der Waals surface area (Å²) in [7, 11) is 0. The van der Waals surface area contributed by atoms with Crippen molar-refractivity contribution in [2.45, 2.75) is 25.8 Å². The Morgan fingerprint density at radius 3 is 2.53 bits per heavy atom. The zero-order chi connectivity index (χ0) is 20.4. The molecule has 1 aliphatic carbocycles. The molecule has 2 aromatic carbocycles. The molecule has 2 aromatic rings. The molecule has 4 aliphatic rings. The Balaban J connectivity index is 1.56. The molecule has 3 aliphatic heterocycles. The number of pyridine rings is 1. The molecule has 3 heterocycles. The van der Waals surface area contributed by atoms with Crippen LogP contribution in [0.15, 0.2) is 36.5 Å². The van der Waals surface area contributed by atoms with E-state index in [1.165, 1.54) is 12.1 Å². The lowest BCUT2D eigenvalue weighted by molar-refractivity contribution is 0.270. The van der Waals surface area contributed by atoms with Gasteiger partial charge in [0.05, 0.1) is 22.4 Å². The summed E-state index contributed by atoms with van der Waals surface area (Å²) >= 11 is 0. The monoisotopic (exact) mass is 406 g/mol. The van der Waals surface area contributed by atoms with Gasteiger partial charge in [-0.15, -0.1) is 0 Å². The molecule has 0 atom stereocenters. The molecule has 6 heteroatoms. The third-order valence-corrected chi connectivity index (χ3v) is 6.70. The topological polar surface area (TPSA) is 24.3 Å². The first-order chi connectivity index (χ1) is 14.6. The maximum Gasteiger partial charge on any atom is 0.147 e. The second-order valence-electron chi connectivity index (χ2n) is 8.55. The van der Waals surface area contributed by atoms with Crippen LogP contribution in [0.25, 0.3) is 33.1 Å². The van der Waals surface area contributed by atoms with E-state index in [1.54, 1.807) is 12.1 Å². The Labute approximate surface area is 174 Å². The molecule has 0 aromatic heterocycles. The predicted molar refractivity (Wildman–Crippen MR) is 116 cm³/mol. The molecule has 0 unspecified atom stereocenters. The van der Waals surface area contributed by atoms with Crippen LogP contribution in [-0.2, 0) is 0 Å². The van der Waals surface area contributed by atoms with Crippen molar-refractivity contribution in [1.29, 1.82) is 0 Å². The third kappa shape index (κ3) is 2.77. The van der Waals surface area contributed by atoms with Crippen LogP contribution in [0.3, 0.4) is 0 Å². The van der Waals surface area contributed by atoms with Crippen molar-refractivity contribution in [3.63, 3.8) is 0 Å². The number of aromatic nitrogens is 2. The summed E-state index contributed by atoms with van der Waals surface area (Å²) in [6.45, 7) is 6.77. The van der Waals surface area contributed by atoms with Gasteiger partial charge in [0.1, 0.15) is 11.6 Å². The summed E-state index contributed by atoms with van der Waals surface area (Å²) in [4.78, 5) is 9.24. The Kier molecular flexibility index (Phi) is 4.00. The Bertz CT molecular complexity index is 1240. The summed E-state index contributed by atoms with van der Waals surface area (Å²) in [5.74, 6) is -0.509. The fraction of sp³-hybridized carbons (Fsp3) is 0.375. The SMILES string of the molecule is CCN1CCN(c2cc3c(cc2F)c2nc4cc(F)ccc4c-2cn3C2CC2)CC1. The molecule has 0 amide bonds. The molecule has 0 radical (unpaired) electrons. The average molecular weight is 406 g/mol. The highest BCUT2D eigenvalue weighted by Gasteiger charge is 2.29. The second kappa shape index (κ2) is 6.64. The predicted octanol–water partition coefficient (Wildman–Crippen LogP) is 5.05. The quantitative estimate of drug-likeness (QED) is 0.476. The minimum atomic E-state index is -0.302. The van der Waals surface area contributed by atoms with Crippen molar-refractivity contribution < 1.29 is 8.78 Å². The van der Waals surface area contributed by atoms with E-state index in [-0.39, 0.29) is 11.6 Å². The van der Waals surface area contributed by atoms with E-state index in [1.807, 2.05) is 6.07 Å². The van der Waals surface area contributed by atoms with Gasteiger partial charge in [-0.1, -0.05) is 6.92 Å². The third-order valence-electron chi connectivity index (χ3n) is 6.70. The summed E-state index contributed by atoms with van der Waals surface area (Å²) in [6.07, 6.45) is 4.40.